The second-order valence-electron chi connectivity index (χ2n) is 6.22. The van der Waals surface area contributed by atoms with Crippen molar-refractivity contribution in [2.75, 3.05) is 0 Å². The van der Waals surface area contributed by atoms with Gasteiger partial charge in [0.25, 0.3) is 0 Å². The molecule has 4 aromatic rings. The van der Waals surface area contributed by atoms with E-state index in [1.165, 1.54) is 0 Å². The van der Waals surface area contributed by atoms with Crippen molar-refractivity contribution in [2.24, 2.45) is 0 Å². The number of benzene rings is 2. The normalized spacial score (nSPS) is 12.7. The maximum atomic E-state index is 11.1. The second-order valence-corrected chi connectivity index (χ2v) is 6.22. The number of carboxylic acid groups (broad SMARTS) is 1. The summed E-state index contributed by atoms with van der Waals surface area (Å²) < 4.78 is 0. The third-order valence-electron chi connectivity index (χ3n) is 4.63. The van der Waals surface area contributed by atoms with E-state index in [1.54, 1.807) is 0 Å². The van der Waals surface area contributed by atoms with Crippen molar-refractivity contribution >= 4 is 27.8 Å². The third kappa shape index (κ3) is 2.79. The van der Waals surface area contributed by atoms with Crippen LogP contribution in [0.3, 0.4) is 0 Å². The van der Waals surface area contributed by atoms with Gasteiger partial charge in [0.1, 0.15) is 0 Å². The average molecular weight is 334 g/mol. The lowest BCUT2D eigenvalue weighted by Gasteiger charge is -2.08. The van der Waals surface area contributed by atoms with E-state index in [4.69, 9.17) is 5.11 Å². The van der Waals surface area contributed by atoms with Crippen molar-refractivity contribution in [1.82, 2.24) is 9.97 Å². The lowest BCUT2D eigenvalue weighted by atomic mass is 10.00. The second kappa shape index (κ2) is 6.11. The summed E-state index contributed by atoms with van der Waals surface area (Å²) in [7, 11) is 0. The van der Waals surface area contributed by atoms with Crippen LogP contribution in [0.5, 0.6) is 0 Å². The van der Waals surface area contributed by atoms with Crippen LogP contribution >= 0.6 is 0 Å². The topological polar surface area (TPSA) is 89.1 Å². The zero-order valence-electron chi connectivity index (χ0n) is 13.5. The number of carbonyl (C=O) groups is 1. The molecule has 2 aromatic heterocycles. The molecule has 0 saturated heterocycles. The largest absolute Gasteiger partial charge is 0.479 e. The minimum absolute atomic E-state index is 0.0804. The molecule has 5 heteroatoms. The number of aromatic nitrogens is 2. The van der Waals surface area contributed by atoms with E-state index < -0.39 is 12.1 Å². The van der Waals surface area contributed by atoms with Crippen LogP contribution in [0.25, 0.3) is 21.8 Å². The number of carboxylic acids is 1. The van der Waals surface area contributed by atoms with Crippen LogP contribution in [0, 0.1) is 0 Å². The van der Waals surface area contributed by atoms with Gasteiger partial charge in [-0.15, -0.1) is 0 Å². The number of H-pyrrole nitrogens is 2. The molecule has 0 aliphatic carbocycles. The molecule has 0 bridgehead atoms. The minimum Gasteiger partial charge on any atom is -0.479 e. The van der Waals surface area contributed by atoms with Crippen LogP contribution in [0.4, 0.5) is 0 Å². The Kier molecular flexibility index (Phi) is 3.78. The number of aromatic amines is 2. The monoisotopic (exact) mass is 334 g/mol. The molecule has 126 valence electrons. The molecule has 0 saturated carbocycles. The Hall–Kier alpha value is -3.05. The highest BCUT2D eigenvalue weighted by molar-refractivity contribution is 5.87. The van der Waals surface area contributed by atoms with Gasteiger partial charge in [0, 0.05) is 46.5 Å². The van der Waals surface area contributed by atoms with Crippen molar-refractivity contribution in [1.29, 1.82) is 0 Å². The van der Waals surface area contributed by atoms with E-state index in [0.717, 1.165) is 38.6 Å². The summed E-state index contributed by atoms with van der Waals surface area (Å²) >= 11 is 0. The molecule has 2 aromatic carbocycles. The Labute approximate surface area is 143 Å². The molecule has 4 N–H and O–H groups in total. The number of aliphatic hydroxyl groups excluding tert-OH is 1. The first-order valence-corrected chi connectivity index (χ1v) is 8.18. The number of nitrogens with one attached hydrogen (secondary N) is 2. The first kappa shape index (κ1) is 15.5. The fourth-order valence-corrected chi connectivity index (χ4v) is 3.39. The number of fused-ring (bicyclic) bond motifs is 2. The maximum Gasteiger partial charge on any atom is 0.332 e. The van der Waals surface area contributed by atoms with Gasteiger partial charge in [-0.05, 0) is 23.3 Å². The number of hydrogen-bond donors (Lipinski definition) is 4. The van der Waals surface area contributed by atoms with Crippen LogP contribution in [0.15, 0.2) is 54.7 Å². The van der Waals surface area contributed by atoms with Crippen LogP contribution in [0.1, 0.15) is 16.8 Å². The first-order chi connectivity index (χ1) is 12.1. The van der Waals surface area contributed by atoms with Gasteiger partial charge >= 0.3 is 5.97 Å². The SMILES string of the molecule is O=C(O)[C@H](O)Cc1c(Cc2c[nH]c3ccccc23)[nH]c2ccccc12. The fraction of sp³-hybridized carbons (Fsp3) is 0.150. The van der Waals surface area contributed by atoms with Gasteiger partial charge in [-0.25, -0.2) is 4.79 Å². The quantitative estimate of drug-likeness (QED) is 0.452. The Balaban J connectivity index is 1.79. The molecule has 0 radical (unpaired) electrons. The van der Waals surface area contributed by atoms with Crippen molar-refractivity contribution in [3.05, 3.63) is 71.5 Å². The van der Waals surface area contributed by atoms with Gasteiger partial charge < -0.3 is 20.2 Å². The number of para-hydroxylation sites is 2. The predicted octanol–water partition coefficient (Wildman–Crippen LogP) is 3.23. The fourth-order valence-electron chi connectivity index (χ4n) is 3.39. The molecule has 0 spiro atoms. The summed E-state index contributed by atoms with van der Waals surface area (Å²) in [4.78, 5) is 17.8. The highest BCUT2D eigenvalue weighted by Gasteiger charge is 2.20. The van der Waals surface area contributed by atoms with Crippen molar-refractivity contribution < 1.29 is 15.0 Å². The lowest BCUT2D eigenvalue weighted by molar-refractivity contribution is -0.146. The summed E-state index contributed by atoms with van der Waals surface area (Å²) in [5.41, 5.74) is 4.95. The molecule has 2 heterocycles. The molecule has 25 heavy (non-hydrogen) atoms. The molecule has 4 rings (SSSR count). The molecule has 0 fully saturated rings. The van der Waals surface area contributed by atoms with Gasteiger partial charge in [-0.3, -0.25) is 0 Å². The summed E-state index contributed by atoms with van der Waals surface area (Å²) in [5.74, 6) is -1.21. The smallest absolute Gasteiger partial charge is 0.332 e. The number of aliphatic hydroxyl groups is 1. The Bertz CT molecular complexity index is 1060. The molecule has 1 atom stereocenters. The standard InChI is InChI=1S/C20H18N2O3/c23-19(20(24)25)10-15-14-6-2-4-8-17(14)22-18(15)9-12-11-21-16-7-3-1-5-13(12)16/h1-8,11,19,21-23H,9-10H2,(H,24,25)/t19-/m1/s1. The van der Waals surface area contributed by atoms with Gasteiger partial charge in [0.05, 0.1) is 0 Å². The summed E-state index contributed by atoms with van der Waals surface area (Å²) in [5, 5.41) is 21.0. The number of hydrogen-bond acceptors (Lipinski definition) is 2. The first-order valence-electron chi connectivity index (χ1n) is 8.18. The van der Waals surface area contributed by atoms with E-state index in [9.17, 15) is 9.90 Å². The minimum atomic E-state index is -1.42. The summed E-state index contributed by atoms with van der Waals surface area (Å²) in [6.45, 7) is 0. The van der Waals surface area contributed by atoms with E-state index in [-0.39, 0.29) is 6.42 Å². The van der Waals surface area contributed by atoms with Crippen LogP contribution < -0.4 is 0 Å². The third-order valence-corrected chi connectivity index (χ3v) is 4.63. The molecule has 0 aliphatic heterocycles. The maximum absolute atomic E-state index is 11.1. The van der Waals surface area contributed by atoms with Gasteiger partial charge in [0.15, 0.2) is 6.10 Å². The molecule has 0 unspecified atom stereocenters. The highest BCUT2D eigenvalue weighted by atomic mass is 16.4. The van der Waals surface area contributed by atoms with Gasteiger partial charge in [-0.1, -0.05) is 36.4 Å². The summed E-state index contributed by atoms with van der Waals surface area (Å²) in [6.07, 6.45) is 1.28. The lowest BCUT2D eigenvalue weighted by Crippen LogP contribution is -2.22. The zero-order valence-corrected chi connectivity index (χ0v) is 13.5. The van der Waals surface area contributed by atoms with Crippen LogP contribution in [-0.4, -0.2) is 32.3 Å². The van der Waals surface area contributed by atoms with Crippen molar-refractivity contribution in [3.8, 4) is 0 Å². The Morgan fingerprint density at radius 3 is 2.44 bits per heavy atom. The van der Waals surface area contributed by atoms with E-state index in [1.807, 2.05) is 48.7 Å². The number of aliphatic carboxylic acids is 1. The van der Waals surface area contributed by atoms with E-state index in [2.05, 4.69) is 16.0 Å². The van der Waals surface area contributed by atoms with Gasteiger partial charge in [-0.2, -0.15) is 0 Å². The Morgan fingerprint density at radius 1 is 1.00 bits per heavy atom. The van der Waals surface area contributed by atoms with Crippen molar-refractivity contribution in [3.63, 3.8) is 0 Å². The Morgan fingerprint density at radius 2 is 1.68 bits per heavy atom. The van der Waals surface area contributed by atoms with Crippen LogP contribution in [0.2, 0.25) is 0 Å². The molecular formula is C20H18N2O3. The van der Waals surface area contributed by atoms with Crippen LogP contribution in [-0.2, 0) is 17.6 Å². The zero-order chi connectivity index (χ0) is 17.4. The molecule has 0 aliphatic rings. The van der Waals surface area contributed by atoms with E-state index >= 15 is 0 Å². The number of rotatable bonds is 5. The van der Waals surface area contributed by atoms with Crippen molar-refractivity contribution in [2.45, 2.75) is 18.9 Å². The summed E-state index contributed by atoms with van der Waals surface area (Å²) in [6, 6.07) is 15.8. The van der Waals surface area contributed by atoms with Gasteiger partial charge in [0.2, 0.25) is 0 Å². The molecule has 0 amide bonds. The highest BCUT2D eigenvalue weighted by Crippen LogP contribution is 2.28. The molecular weight excluding hydrogens is 316 g/mol. The van der Waals surface area contributed by atoms with E-state index in [0.29, 0.717) is 6.42 Å². The predicted molar refractivity (Wildman–Crippen MR) is 96.8 cm³/mol. The average Bonchev–Trinajstić information content (AvgIpc) is 3.17. The molecule has 5 nitrogen and oxygen atoms in total.